The maximum Gasteiger partial charge on any atom is 0.490 e. The van der Waals surface area contributed by atoms with E-state index in [1.807, 2.05) is 6.92 Å². The van der Waals surface area contributed by atoms with Gasteiger partial charge in [0.15, 0.2) is 5.44 Å². The summed E-state index contributed by atoms with van der Waals surface area (Å²) in [6.45, 7) is 1.39. The molecule has 0 amide bonds. The third-order valence-corrected chi connectivity index (χ3v) is 11.0. The molecule has 4 N–H and O–H groups in total. The minimum atomic E-state index is -5.60. The molecule has 0 saturated carbocycles. The van der Waals surface area contributed by atoms with E-state index in [4.69, 9.17) is 23.8 Å². The van der Waals surface area contributed by atoms with Crippen molar-refractivity contribution in [3.63, 3.8) is 0 Å². The van der Waals surface area contributed by atoms with Crippen LogP contribution in [0.2, 0.25) is 0 Å². The standard InChI is InChI=1S/C11H22BIN3O12P3S2/c1-3-32-33-11(7-5-16(2)15-14-7)26-8-4-10(12-13)25-9(8)6-24-30(20,21)28-31(22,23)27-29(17,18)19/h5,8-12H,3-4,6H2,1-2H3,(H,20,21)(H,22,23)(H2,17,18,19). The first-order chi connectivity index (χ1) is 15.2. The fourth-order valence-corrected chi connectivity index (χ4v) is 8.03. The molecule has 0 aliphatic carbocycles. The van der Waals surface area contributed by atoms with Crippen LogP contribution in [0.25, 0.3) is 0 Å². The van der Waals surface area contributed by atoms with Crippen LogP contribution >= 0.6 is 67.4 Å². The van der Waals surface area contributed by atoms with Crippen molar-refractivity contribution in [3.05, 3.63) is 11.9 Å². The molecule has 6 unspecified atom stereocenters. The van der Waals surface area contributed by atoms with Gasteiger partial charge in [-0.25, -0.2) is 13.7 Å². The molecule has 1 aromatic heterocycles. The number of hydrogen-bond acceptors (Lipinski definition) is 12. The normalized spacial score (nSPS) is 26.0. The summed E-state index contributed by atoms with van der Waals surface area (Å²) in [5.74, 6) is 0.803. The van der Waals surface area contributed by atoms with E-state index >= 15 is 0 Å². The lowest BCUT2D eigenvalue weighted by atomic mass is 9.96. The lowest BCUT2D eigenvalue weighted by Gasteiger charge is -2.24. The van der Waals surface area contributed by atoms with Crippen molar-refractivity contribution in [2.75, 3.05) is 12.4 Å². The molecular weight excluding hydrogens is 661 g/mol. The minimum Gasteiger partial charge on any atom is -0.377 e. The highest BCUT2D eigenvalue weighted by Gasteiger charge is 2.43. The molecule has 0 radical (unpaired) electrons. The van der Waals surface area contributed by atoms with Crippen LogP contribution in [0.4, 0.5) is 0 Å². The zero-order valence-electron chi connectivity index (χ0n) is 17.1. The second kappa shape index (κ2) is 13.0. The van der Waals surface area contributed by atoms with Crippen LogP contribution in [0, 0.1) is 0 Å². The third-order valence-electron chi connectivity index (χ3n) is 3.70. The Balaban J connectivity index is 2.06. The average molecular weight is 683 g/mol. The van der Waals surface area contributed by atoms with E-state index in [1.54, 1.807) is 13.2 Å². The molecule has 1 fully saturated rings. The number of phosphoric ester groups is 1. The molecule has 15 nitrogen and oxygen atoms in total. The Morgan fingerprint density at radius 3 is 2.55 bits per heavy atom. The second-order valence-electron chi connectivity index (χ2n) is 6.40. The molecule has 0 spiro atoms. The highest BCUT2D eigenvalue weighted by Crippen LogP contribution is 2.66. The monoisotopic (exact) mass is 683 g/mol. The van der Waals surface area contributed by atoms with Crippen LogP contribution in [-0.2, 0) is 43.4 Å². The van der Waals surface area contributed by atoms with Gasteiger partial charge in [0.2, 0.25) is 5.14 Å². The van der Waals surface area contributed by atoms with Crippen molar-refractivity contribution >= 4 is 72.6 Å². The number of hydrogen-bond donors (Lipinski definition) is 4. The first kappa shape index (κ1) is 30.2. The minimum absolute atomic E-state index is 0.253. The molecule has 0 bridgehead atoms. The highest BCUT2D eigenvalue weighted by molar-refractivity contribution is 14.1. The Hall–Kier alpha value is 0.965. The number of nitrogens with zero attached hydrogens (tertiary/aromatic N) is 3. The summed E-state index contributed by atoms with van der Waals surface area (Å²) in [6.07, 6.45) is 0.664. The lowest BCUT2D eigenvalue weighted by Crippen LogP contribution is -2.30. The topological polar surface area (TPSA) is 209 Å². The van der Waals surface area contributed by atoms with Gasteiger partial charge in [-0.15, -0.1) is 5.10 Å². The summed E-state index contributed by atoms with van der Waals surface area (Å²) in [6, 6.07) is -0.253. The molecule has 6 atom stereocenters. The number of phosphoric acid groups is 3. The Kier molecular flexibility index (Phi) is 11.9. The first-order valence-corrected chi connectivity index (χ1v) is 17.5. The second-order valence-corrected chi connectivity index (χ2v) is 14.4. The van der Waals surface area contributed by atoms with E-state index in [0.29, 0.717) is 17.3 Å². The van der Waals surface area contributed by atoms with Crippen molar-refractivity contribution in [2.24, 2.45) is 7.05 Å². The van der Waals surface area contributed by atoms with Crippen LogP contribution in [0.15, 0.2) is 6.20 Å². The molecule has 1 aliphatic rings. The SMILES string of the molecule is CCSSC(OC1CC(BI)OC1COP(=O)(O)OP(=O)(O)OP(=O)(O)O)c1cn(C)nn1. The van der Waals surface area contributed by atoms with Gasteiger partial charge < -0.3 is 29.0 Å². The van der Waals surface area contributed by atoms with E-state index < -0.39 is 47.7 Å². The van der Waals surface area contributed by atoms with Crippen LogP contribution in [0.3, 0.4) is 0 Å². The third kappa shape index (κ3) is 10.9. The van der Waals surface area contributed by atoms with Gasteiger partial charge in [-0.05, 0) is 6.42 Å². The molecular formula is C11H22BIN3O12P3S2. The smallest absolute Gasteiger partial charge is 0.377 e. The van der Waals surface area contributed by atoms with Gasteiger partial charge >= 0.3 is 23.5 Å². The van der Waals surface area contributed by atoms with Crippen molar-refractivity contribution in [1.29, 1.82) is 0 Å². The van der Waals surface area contributed by atoms with Crippen LogP contribution in [-0.4, -0.2) is 70.3 Å². The number of aromatic nitrogens is 3. The van der Waals surface area contributed by atoms with Crippen molar-refractivity contribution < 1.29 is 55.9 Å². The molecule has 1 aromatic rings. The summed E-state index contributed by atoms with van der Waals surface area (Å²) < 4.78 is 59.9. The summed E-state index contributed by atoms with van der Waals surface area (Å²) in [4.78, 5) is 36.2. The van der Waals surface area contributed by atoms with Gasteiger partial charge in [0.25, 0.3) is 0 Å². The Morgan fingerprint density at radius 2 is 2.00 bits per heavy atom. The van der Waals surface area contributed by atoms with Gasteiger partial charge in [0.1, 0.15) is 11.8 Å². The Labute approximate surface area is 211 Å². The first-order valence-electron chi connectivity index (χ1n) is 9.03. The zero-order valence-corrected chi connectivity index (χ0v) is 23.6. The van der Waals surface area contributed by atoms with E-state index in [0.717, 1.165) is 5.75 Å². The van der Waals surface area contributed by atoms with Crippen molar-refractivity contribution in [3.8, 4) is 0 Å². The fraction of sp³-hybridized carbons (Fsp3) is 0.818. The van der Waals surface area contributed by atoms with Crippen LogP contribution in [0.1, 0.15) is 24.5 Å². The molecule has 33 heavy (non-hydrogen) atoms. The molecule has 2 heterocycles. The van der Waals surface area contributed by atoms with Crippen LogP contribution in [0.5, 0.6) is 0 Å². The van der Waals surface area contributed by atoms with Crippen molar-refractivity contribution in [1.82, 2.24) is 15.0 Å². The maximum absolute atomic E-state index is 12.0. The number of ether oxygens (including phenoxy) is 2. The Bertz CT molecular complexity index is 926. The van der Waals surface area contributed by atoms with Gasteiger partial charge in [0, 0.05) is 18.8 Å². The van der Waals surface area contributed by atoms with Crippen molar-refractivity contribution in [2.45, 2.75) is 37.0 Å². The van der Waals surface area contributed by atoms with E-state index in [9.17, 15) is 23.5 Å². The summed E-state index contributed by atoms with van der Waals surface area (Å²) >= 11 is 2.11. The average Bonchev–Trinajstić information content (AvgIpc) is 3.26. The molecule has 2 rings (SSSR count). The number of halogens is 1. The molecule has 1 aliphatic heterocycles. The maximum atomic E-state index is 12.0. The summed E-state index contributed by atoms with van der Waals surface area (Å²) in [5.41, 5.74) is 0.0345. The van der Waals surface area contributed by atoms with Gasteiger partial charge in [-0.1, -0.05) is 33.7 Å². The molecule has 190 valence electrons. The Morgan fingerprint density at radius 1 is 1.30 bits per heavy atom. The van der Waals surface area contributed by atoms with Crippen LogP contribution < -0.4 is 0 Å². The number of aryl methyl sites for hydroxylation is 1. The highest BCUT2D eigenvalue weighted by atomic mass is 127. The predicted molar refractivity (Wildman–Crippen MR) is 129 cm³/mol. The quantitative estimate of drug-likeness (QED) is 0.0725. The molecule has 22 heteroatoms. The summed E-state index contributed by atoms with van der Waals surface area (Å²) in [7, 11) is -11.7. The number of rotatable bonds is 14. The zero-order chi connectivity index (χ0) is 24.9. The van der Waals surface area contributed by atoms with E-state index in [1.165, 1.54) is 26.3 Å². The molecule has 1 saturated heterocycles. The van der Waals surface area contributed by atoms with E-state index in [-0.39, 0.29) is 6.00 Å². The largest absolute Gasteiger partial charge is 0.490 e. The molecule has 0 aromatic carbocycles. The van der Waals surface area contributed by atoms with Gasteiger partial charge in [-0.2, -0.15) is 31.0 Å². The summed E-state index contributed by atoms with van der Waals surface area (Å²) in [5, 5.41) is 8.56. The fourth-order valence-electron chi connectivity index (χ4n) is 2.56. The van der Waals surface area contributed by atoms with E-state index in [2.05, 4.69) is 41.3 Å². The van der Waals surface area contributed by atoms with Gasteiger partial charge in [0.05, 0.1) is 18.9 Å². The lowest BCUT2D eigenvalue weighted by molar-refractivity contribution is -0.0455. The van der Waals surface area contributed by atoms with Gasteiger partial charge in [-0.3, -0.25) is 9.21 Å². The predicted octanol–water partition coefficient (Wildman–Crippen LogP) is 1.85.